The quantitative estimate of drug-likeness (QED) is 0.592. The van der Waals surface area contributed by atoms with E-state index in [1.165, 1.54) is 23.8 Å². The first-order chi connectivity index (χ1) is 14.8. The average molecular weight is 427 g/mol. The molecule has 168 valence electrons. The van der Waals surface area contributed by atoms with Gasteiger partial charge >= 0.3 is 12.1 Å². The van der Waals surface area contributed by atoms with Crippen LogP contribution in [0.2, 0.25) is 0 Å². The van der Waals surface area contributed by atoms with Crippen LogP contribution < -0.4 is 5.73 Å². The van der Waals surface area contributed by atoms with Gasteiger partial charge in [-0.2, -0.15) is 0 Å². The molecule has 4 rings (SSSR count). The molecule has 0 aromatic rings. The van der Waals surface area contributed by atoms with E-state index in [1.807, 2.05) is 13.8 Å². The highest BCUT2D eigenvalue weighted by Crippen LogP contribution is 2.41. The molecule has 31 heavy (non-hydrogen) atoms. The lowest BCUT2D eigenvalue weighted by Crippen LogP contribution is -2.47. The third kappa shape index (κ3) is 4.88. The first-order valence-corrected chi connectivity index (χ1v) is 11.2. The van der Waals surface area contributed by atoms with Crippen molar-refractivity contribution in [3.8, 4) is 23.5 Å². The van der Waals surface area contributed by atoms with Crippen molar-refractivity contribution >= 4 is 12.1 Å². The molecule has 0 bridgehead atoms. The third-order valence-electron chi connectivity index (χ3n) is 6.56. The fraction of sp³-hybridized carbons (Fsp3) is 0.600. The van der Waals surface area contributed by atoms with Crippen molar-refractivity contribution in [3.63, 3.8) is 0 Å². The molecule has 0 aromatic heterocycles. The number of carbonyl (C=O) groups excluding carboxylic acids is 2. The van der Waals surface area contributed by atoms with Gasteiger partial charge in [-0.05, 0) is 61.6 Å². The van der Waals surface area contributed by atoms with Gasteiger partial charge in [-0.1, -0.05) is 38.0 Å². The van der Waals surface area contributed by atoms with Crippen LogP contribution in [0.25, 0.3) is 11.1 Å². The summed E-state index contributed by atoms with van der Waals surface area (Å²) in [6, 6.07) is 5.55. The maximum absolute atomic E-state index is 12.3. The molecule has 1 aliphatic heterocycles. The predicted molar refractivity (Wildman–Crippen MR) is 120 cm³/mol. The Balaban J connectivity index is 0.000000322. The van der Waals surface area contributed by atoms with Crippen molar-refractivity contribution in [1.29, 1.82) is 0 Å². The van der Waals surface area contributed by atoms with Crippen molar-refractivity contribution in [2.45, 2.75) is 77.1 Å². The maximum Gasteiger partial charge on any atom is 0.410 e. The van der Waals surface area contributed by atoms with Gasteiger partial charge in [-0.15, -0.1) is 6.42 Å². The number of nitrogens with zero attached hydrogens (tertiary/aromatic N) is 1. The minimum Gasteiger partial charge on any atom is -0.461 e. The summed E-state index contributed by atoms with van der Waals surface area (Å²) in [5.41, 5.74) is 10.3. The van der Waals surface area contributed by atoms with E-state index in [0.717, 1.165) is 19.3 Å². The molecule has 2 fully saturated rings. The van der Waals surface area contributed by atoms with E-state index in [-0.39, 0.29) is 30.1 Å². The van der Waals surface area contributed by atoms with Crippen LogP contribution in [0.4, 0.5) is 4.79 Å². The van der Waals surface area contributed by atoms with E-state index in [2.05, 4.69) is 31.0 Å². The molecule has 1 saturated heterocycles. The minimum absolute atomic E-state index is 0.0358. The summed E-state index contributed by atoms with van der Waals surface area (Å²) in [5.74, 6) is 2.69. The Morgan fingerprint density at radius 3 is 2.52 bits per heavy atom. The second-order valence-corrected chi connectivity index (χ2v) is 9.20. The summed E-state index contributed by atoms with van der Waals surface area (Å²) < 4.78 is 10.6. The zero-order chi connectivity index (χ0) is 22.7. The van der Waals surface area contributed by atoms with Crippen LogP contribution in [0.1, 0.15) is 51.5 Å². The van der Waals surface area contributed by atoms with Crippen LogP contribution in [0.3, 0.4) is 0 Å². The molecular weight excluding hydrogens is 392 g/mol. The van der Waals surface area contributed by atoms with Crippen molar-refractivity contribution in [2.24, 2.45) is 17.6 Å². The molecular formula is C25H34N2O4. The Morgan fingerprint density at radius 2 is 2.06 bits per heavy atom. The Hall–Kier alpha value is -2.52. The molecule has 0 spiro atoms. The number of benzene rings is 1. The molecule has 0 radical (unpaired) electrons. The summed E-state index contributed by atoms with van der Waals surface area (Å²) >= 11 is 0. The van der Waals surface area contributed by atoms with Crippen LogP contribution in [0.5, 0.6) is 0 Å². The van der Waals surface area contributed by atoms with E-state index in [9.17, 15) is 9.59 Å². The van der Waals surface area contributed by atoms with Gasteiger partial charge in [0.1, 0.15) is 12.1 Å². The lowest BCUT2D eigenvalue weighted by Gasteiger charge is -2.36. The van der Waals surface area contributed by atoms with Crippen LogP contribution in [0.15, 0.2) is 18.2 Å². The second-order valence-electron chi connectivity index (χ2n) is 9.20. The number of aryl methyl sites for hydroxylation is 1. The molecule has 6 heteroatoms. The van der Waals surface area contributed by atoms with Crippen LogP contribution >= 0.6 is 0 Å². The van der Waals surface area contributed by atoms with Gasteiger partial charge in [0.15, 0.2) is 0 Å². The number of fused-ring (bicyclic) bond motifs is 2. The van der Waals surface area contributed by atoms with E-state index in [0.29, 0.717) is 18.8 Å². The first-order valence-electron chi connectivity index (χ1n) is 11.2. The normalized spacial score (nSPS) is 26.2. The first kappa shape index (κ1) is 23.1. The van der Waals surface area contributed by atoms with Gasteiger partial charge in [0.05, 0.1) is 13.2 Å². The van der Waals surface area contributed by atoms with E-state index in [1.54, 1.807) is 4.90 Å². The highest BCUT2D eigenvalue weighted by Gasteiger charge is 2.49. The molecule has 6 nitrogen and oxygen atoms in total. The van der Waals surface area contributed by atoms with Crippen molar-refractivity contribution in [3.05, 3.63) is 23.8 Å². The second kappa shape index (κ2) is 9.74. The molecule has 3 aliphatic carbocycles. The lowest BCUT2D eigenvalue weighted by atomic mass is 9.82. The topological polar surface area (TPSA) is 81.9 Å². The fourth-order valence-corrected chi connectivity index (χ4v) is 4.95. The van der Waals surface area contributed by atoms with Crippen molar-refractivity contribution in [2.75, 3.05) is 7.11 Å². The summed E-state index contributed by atoms with van der Waals surface area (Å²) in [6.45, 7) is 6.18. The largest absolute Gasteiger partial charge is 0.461 e. The van der Waals surface area contributed by atoms with E-state index in [4.69, 9.17) is 21.6 Å². The number of amides is 1. The highest BCUT2D eigenvalue weighted by molar-refractivity contribution is 5.80. The predicted octanol–water partition coefficient (Wildman–Crippen LogP) is 3.89. The van der Waals surface area contributed by atoms with Crippen molar-refractivity contribution in [1.82, 2.24) is 4.90 Å². The number of methoxy groups -OCH3 is 1. The summed E-state index contributed by atoms with van der Waals surface area (Å²) in [5, 5.41) is 0. The van der Waals surface area contributed by atoms with Crippen LogP contribution in [-0.2, 0) is 14.3 Å². The number of rotatable bonds is 4. The zero-order valence-corrected chi connectivity index (χ0v) is 19.0. The Morgan fingerprint density at radius 1 is 1.32 bits per heavy atom. The number of likely N-dealkylation sites (tertiary alicyclic amines) is 1. The van der Waals surface area contributed by atoms with Crippen LogP contribution in [-0.4, -0.2) is 48.3 Å². The number of hydrogen-bond donors (Lipinski definition) is 1. The number of carbonyl (C=O) groups is 2. The average Bonchev–Trinajstić information content (AvgIpc) is 3.10. The SMILES string of the molecule is C#CC1C[C@H]2[C@@H](OC(=O)C(N)CC(C)C)CCC[C@H]2N1C(=O)OC.Cc1cc2ccc1-2. The monoisotopic (exact) mass is 426 g/mol. The van der Waals surface area contributed by atoms with E-state index < -0.39 is 12.1 Å². The molecule has 1 amide bonds. The summed E-state index contributed by atoms with van der Waals surface area (Å²) in [4.78, 5) is 26.0. The van der Waals surface area contributed by atoms with E-state index >= 15 is 0 Å². The maximum atomic E-state index is 12.3. The Bertz CT molecular complexity index is 860. The molecule has 5 atom stereocenters. The Kier molecular flexibility index (Phi) is 7.27. The van der Waals surface area contributed by atoms with Gasteiger partial charge in [-0.25, -0.2) is 4.79 Å². The molecule has 1 heterocycles. The van der Waals surface area contributed by atoms with Gasteiger partial charge < -0.3 is 15.2 Å². The molecule has 4 aliphatic rings. The minimum atomic E-state index is -0.605. The van der Waals surface area contributed by atoms with Gasteiger partial charge in [0, 0.05) is 12.0 Å². The number of terminal acetylenes is 1. The zero-order valence-electron chi connectivity index (χ0n) is 19.0. The van der Waals surface area contributed by atoms with Crippen LogP contribution in [0, 0.1) is 31.1 Å². The Labute approximate surface area is 185 Å². The lowest BCUT2D eigenvalue weighted by molar-refractivity contribution is -0.156. The summed E-state index contributed by atoms with van der Waals surface area (Å²) in [6.07, 6.45) is 8.69. The number of ether oxygens (including phenoxy) is 2. The molecule has 2 unspecified atom stereocenters. The third-order valence-corrected chi connectivity index (χ3v) is 6.56. The fourth-order valence-electron chi connectivity index (χ4n) is 4.95. The smallest absolute Gasteiger partial charge is 0.410 e. The summed E-state index contributed by atoms with van der Waals surface area (Å²) in [7, 11) is 1.36. The molecule has 0 aromatic carbocycles. The standard InChI is InChI=1S/C18H28N2O4.C7H6/c1-5-12-10-13-15(20(12)18(22)23-4)7-6-8-16(13)24-17(21)14(19)9-11(2)3;1-5-4-6-2-3-7(5)6/h1,11-16H,6-10,19H2,2-4H3;2-4H,1H3/t12?,13-,14?,15-,16+;/m1./s1. The number of nitrogens with two attached hydrogens (primary N) is 1. The highest BCUT2D eigenvalue weighted by atomic mass is 16.6. The number of hydrogen-bond acceptors (Lipinski definition) is 5. The van der Waals surface area contributed by atoms with Gasteiger partial charge in [0.25, 0.3) is 0 Å². The van der Waals surface area contributed by atoms with Gasteiger partial charge in [-0.3, -0.25) is 9.69 Å². The number of esters is 1. The molecule has 2 N–H and O–H groups in total. The van der Waals surface area contributed by atoms with Gasteiger partial charge in [0.2, 0.25) is 0 Å². The molecule has 1 saturated carbocycles. The van der Waals surface area contributed by atoms with Crippen molar-refractivity contribution < 1.29 is 19.1 Å².